The zero-order valence-electron chi connectivity index (χ0n) is 14.2. The van der Waals surface area contributed by atoms with Crippen LogP contribution in [-0.4, -0.2) is 23.5 Å². The lowest BCUT2D eigenvalue weighted by atomic mass is 10.1. The summed E-state index contributed by atoms with van der Waals surface area (Å²) in [7, 11) is 1.50. The van der Waals surface area contributed by atoms with Gasteiger partial charge in [-0.2, -0.15) is 0 Å². The molecule has 26 heavy (non-hydrogen) atoms. The Labute approximate surface area is 160 Å². The highest BCUT2D eigenvalue weighted by Gasteiger charge is 2.22. The lowest BCUT2D eigenvalue weighted by molar-refractivity contribution is -0.117. The van der Waals surface area contributed by atoms with Crippen LogP contribution in [0.1, 0.15) is 21.6 Å². The molecule has 1 amide bonds. The molecule has 1 heterocycles. The normalized spacial score (nSPS) is 10.9. The van der Waals surface area contributed by atoms with E-state index in [1.54, 1.807) is 43.3 Å². The number of rotatable bonds is 4. The third-order valence-corrected chi connectivity index (χ3v) is 4.80. The Morgan fingerprint density at radius 3 is 2.38 bits per heavy atom. The minimum absolute atomic E-state index is 0.00795. The van der Waals surface area contributed by atoms with Gasteiger partial charge in [0.15, 0.2) is 0 Å². The van der Waals surface area contributed by atoms with Crippen molar-refractivity contribution in [2.24, 2.45) is 5.73 Å². The summed E-state index contributed by atoms with van der Waals surface area (Å²) in [4.78, 5) is 24.6. The number of halogens is 2. The van der Waals surface area contributed by atoms with Crippen molar-refractivity contribution < 1.29 is 14.3 Å². The molecule has 0 saturated carbocycles. The van der Waals surface area contributed by atoms with Crippen LogP contribution in [0.15, 0.2) is 36.4 Å². The number of benzene rings is 2. The zero-order chi connectivity index (χ0) is 19.0. The minimum atomic E-state index is -0.486. The van der Waals surface area contributed by atoms with E-state index in [9.17, 15) is 9.59 Å². The second-order valence-corrected chi connectivity index (χ2v) is 6.70. The molecule has 3 rings (SSSR count). The van der Waals surface area contributed by atoms with E-state index in [0.717, 1.165) is 0 Å². The Bertz CT molecular complexity index is 1020. The molecule has 0 aliphatic heterocycles. The fourth-order valence-electron chi connectivity index (χ4n) is 3.02. The molecule has 0 aliphatic carbocycles. The molecule has 0 saturated heterocycles. The number of fused-ring (bicyclic) bond motifs is 1. The Balaban J connectivity index is 2.28. The van der Waals surface area contributed by atoms with Crippen molar-refractivity contribution in [3.63, 3.8) is 0 Å². The van der Waals surface area contributed by atoms with E-state index < -0.39 is 5.91 Å². The molecule has 0 aliphatic rings. The maximum atomic E-state index is 13.1. The molecule has 0 atom stereocenters. The first kappa shape index (κ1) is 18.3. The van der Waals surface area contributed by atoms with Crippen LogP contribution in [0.3, 0.4) is 0 Å². The number of methoxy groups -OCH3 is 1. The number of carbonyl (C=O) groups excluding carboxylic acids is 2. The predicted octanol–water partition coefficient (Wildman–Crippen LogP) is 3.98. The summed E-state index contributed by atoms with van der Waals surface area (Å²) in [5.41, 5.74) is 7.74. The number of aromatic nitrogens is 1. The van der Waals surface area contributed by atoms with Crippen LogP contribution >= 0.6 is 23.2 Å². The predicted molar refractivity (Wildman–Crippen MR) is 102 cm³/mol. The molecule has 0 radical (unpaired) electrons. The SMILES string of the molecule is COc1cc2c(CC(N)=O)c(C)n(C(=O)c3ccc(Cl)cc3)c2cc1Cl. The molecular formula is C19H16Cl2N2O3. The molecule has 7 heteroatoms. The van der Waals surface area contributed by atoms with Crippen LogP contribution < -0.4 is 10.5 Å². The van der Waals surface area contributed by atoms with Crippen LogP contribution in [0.4, 0.5) is 0 Å². The molecule has 0 spiro atoms. The molecule has 0 bridgehead atoms. The number of hydrogen-bond donors (Lipinski definition) is 1. The van der Waals surface area contributed by atoms with Gasteiger partial charge in [0.2, 0.25) is 5.91 Å². The topological polar surface area (TPSA) is 74.3 Å². The molecule has 0 fully saturated rings. The van der Waals surface area contributed by atoms with Gasteiger partial charge in [-0.25, -0.2) is 0 Å². The van der Waals surface area contributed by atoms with E-state index >= 15 is 0 Å². The number of primary amides is 1. The van der Waals surface area contributed by atoms with Gasteiger partial charge in [0.05, 0.1) is 24.1 Å². The second-order valence-electron chi connectivity index (χ2n) is 5.86. The van der Waals surface area contributed by atoms with Crippen molar-refractivity contribution in [3.05, 3.63) is 63.3 Å². The van der Waals surface area contributed by atoms with Gasteiger partial charge in [-0.3, -0.25) is 14.2 Å². The molecule has 1 aromatic heterocycles. The molecule has 3 aromatic rings. The van der Waals surface area contributed by atoms with Gasteiger partial charge in [0.25, 0.3) is 5.91 Å². The van der Waals surface area contributed by atoms with Crippen molar-refractivity contribution in [3.8, 4) is 5.75 Å². The Kier molecular flexibility index (Phi) is 4.94. The first-order valence-electron chi connectivity index (χ1n) is 7.79. The van der Waals surface area contributed by atoms with Crippen LogP contribution in [0.25, 0.3) is 10.9 Å². The maximum absolute atomic E-state index is 13.1. The third kappa shape index (κ3) is 3.16. The lowest BCUT2D eigenvalue weighted by Crippen LogP contribution is -2.16. The summed E-state index contributed by atoms with van der Waals surface area (Å²) in [5, 5.41) is 1.61. The van der Waals surface area contributed by atoms with E-state index in [4.69, 9.17) is 33.7 Å². The van der Waals surface area contributed by atoms with E-state index in [0.29, 0.717) is 43.5 Å². The Morgan fingerprint density at radius 1 is 1.15 bits per heavy atom. The van der Waals surface area contributed by atoms with Crippen molar-refractivity contribution >= 4 is 45.9 Å². The highest BCUT2D eigenvalue weighted by Crippen LogP contribution is 2.35. The average Bonchev–Trinajstić information content (AvgIpc) is 2.85. The average molecular weight is 391 g/mol. The van der Waals surface area contributed by atoms with Gasteiger partial charge in [-0.15, -0.1) is 0 Å². The van der Waals surface area contributed by atoms with E-state index in [1.165, 1.54) is 11.7 Å². The maximum Gasteiger partial charge on any atom is 0.262 e. The third-order valence-electron chi connectivity index (χ3n) is 4.25. The van der Waals surface area contributed by atoms with Gasteiger partial charge in [-0.1, -0.05) is 23.2 Å². The van der Waals surface area contributed by atoms with Crippen molar-refractivity contribution in [2.75, 3.05) is 7.11 Å². The van der Waals surface area contributed by atoms with Gasteiger partial charge < -0.3 is 10.5 Å². The summed E-state index contributed by atoms with van der Waals surface area (Å²) in [6, 6.07) is 9.96. The summed E-state index contributed by atoms with van der Waals surface area (Å²) in [6.07, 6.45) is 0.00795. The monoisotopic (exact) mass is 390 g/mol. The van der Waals surface area contributed by atoms with E-state index in [1.807, 2.05) is 0 Å². The second kappa shape index (κ2) is 7.02. The van der Waals surface area contributed by atoms with Gasteiger partial charge >= 0.3 is 0 Å². The summed E-state index contributed by atoms with van der Waals surface area (Å²) in [6.45, 7) is 1.77. The van der Waals surface area contributed by atoms with E-state index in [-0.39, 0.29) is 12.3 Å². The Morgan fingerprint density at radius 2 is 1.81 bits per heavy atom. The fraction of sp³-hybridized carbons (Fsp3) is 0.158. The van der Waals surface area contributed by atoms with Crippen molar-refractivity contribution in [2.45, 2.75) is 13.3 Å². The largest absolute Gasteiger partial charge is 0.495 e. The standard InChI is InChI=1S/C19H16Cl2N2O3/c1-10-13(8-18(22)24)14-7-17(26-2)15(21)9-16(14)23(10)19(25)11-3-5-12(20)6-4-11/h3-7,9H,8H2,1-2H3,(H2,22,24). The van der Waals surface area contributed by atoms with Crippen molar-refractivity contribution in [1.82, 2.24) is 4.57 Å². The summed E-state index contributed by atoms with van der Waals surface area (Å²) >= 11 is 12.2. The number of hydrogen-bond acceptors (Lipinski definition) is 3. The lowest BCUT2D eigenvalue weighted by Gasteiger charge is -2.08. The summed E-state index contributed by atoms with van der Waals surface area (Å²) in [5.74, 6) is -0.276. The first-order valence-corrected chi connectivity index (χ1v) is 8.55. The quantitative estimate of drug-likeness (QED) is 0.731. The molecule has 134 valence electrons. The first-order chi connectivity index (χ1) is 12.3. The minimum Gasteiger partial charge on any atom is -0.495 e. The molecule has 0 unspecified atom stereocenters. The van der Waals surface area contributed by atoms with Crippen LogP contribution in [-0.2, 0) is 11.2 Å². The Hall–Kier alpha value is -2.50. The van der Waals surface area contributed by atoms with E-state index in [2.05, 4.69) is 0 Å². The van der Waals surface area contributed by atoms with Gasteiger partial charge in [-0.05, 0) is 48.9 Å². The van der Waals surface area contributed by atoms with Gasteiger partial charge in [0.1, 0.15) is 5.75 Å². The highest BCUT2D eigenvalue weighted by atomic mass is 35.5. The van der Waals surface area contributed by atoms with Crippen LogP contribution in [0.5, 0.6) is 5.75 Å². The number of nitrogens with zero attached hydrogens (tertiary/aromatic N) is 1. The van der Waals surface area contributed by atoms with Crippen LogP contribution in [0.2, 0.25) is 10.0 Å². The van der Waals surface area contributed by atoms with Crippen molar-refractivity contribution in [1.29, 1.82) is 0 Å². The number of carbonyl (C=O) groups is 2. The van der Waals surface area contributed by atoms with Gasteiger partial charge in [0, 0.05) is 21.7 Å². The number of nitrogens with two attached hydrogens (primary N) is 1. The number of amides is 1. The zero-order valence-corrected chi connectivity index (χ0v) is 15.7. The fourth-order valence-corrected chi connectivity index (χ4v) is 3.38. The summed E-state index contributed by atoms with van der Waals surface area (Å²) < 4.78 is 6.79. The molecule has 5 nitrogen and oxygen atoms in total. The van der Waals surface area contributed by atoms with Crippen LogP contribution in [0, 0.1) is 6.92 Å². The smallest absolute Gasteiger partial charge is 0.262 e. The highest BCUT2D eigenvalue weighted by molar-refractivity contribution is 6.33. The molecule has 2 aromatic carbocycles. The molecular weight excluding hydrogens is 375 g/mol. The number of ether oxygens (including phenoxy) is 1. The molecule has 2 N–H and O–H groups in total.